The first-order valence-corrected chi connectivity index (χ1v) is 10.9. The molecule has 1 heterocycles. The highest BCUT2D eigenvalue weighted by atomic mass is 16.5. The van der Waals surface area contributed by atoms with Crippen molar-refractivity contribution in [1.29, 1.82) is 0 Å². The van der Waals surface area contributed by atoms with Crippen molar-refractivity contribution in [3.8, 4) is 0 Å². The minimum atomic E-state index is -0.800. The molecule has 176 valence electrons. The third-order valence-electron chi connectivity index (χ3n) is 5.49. The van der Waals surface area contributed by atoms with Crippen LogP contribution in [0, 0.1) is 5.92 Å². The molecule has 6 N–H and O–H groups in total. The Bertz CT molecular complexity index is 1010. The topological polar surface area (TPSA) is 132 Å². The van der Waals surface area contributed by atoms with Crippen LogP contribution in [0.4, 0.5) is 11.4 Å². The fourth-order valence-electron chi connectivity index (χ4n) is 4.00. The number of amides is 1. The zero-order valence-electron chi connectivity index (χ0n) is 19.2. The molecule has 2 aromatic carbocycles. The van der Waals surface area contributed by atoms with Gasteiger partial charge in [0.25, 0.3) is 5.91 Å². The van der Waals surface area contributed by atoms with Gasteiger partial charge in [0.2, 0.25) is 0 Å². The number of guanidine groups is 1. The molecule has 9 nitrogen and oxygen atoms in total. The first-order valence-electron chi connectivity index (χ1n) is 10.9. The van der Waals surface area contributed by atoms with Crippen molar-refractivity contribution in [2.45, 2.75) is 52.0 Å². The van der Waals surface area contributed by atoms with Crippen molar-refractivity contribution in [2.24, 2.45) is 16.6 Å². The van der Waals surface area contributed by atoms with E-state index in [0.29, 0.717) is 36.8 Å². The Hall–Kier alpha value is -3.43. The number of nitrogens with zero attached hydrogens (tertiary/aromatic N) is 2. The SMILES string of the molecule is CC(C)CC1(C)N=C(N)N(Cc2ccc(CNC(C=O)Nc3cccc(NO)c3)cc2)C1=O. The molecule has 0 saturated heterocycles. The van der Waals surface area contributed by atoms with Crippen molar-refractivity contribution < 1.29 is 14.8 Å². The number of anilines is 2. The molecule has 33 heavy (non-hydrogen) atoms. The van der Waals surface area contributed by atoms with Crippen molar-refractivity contribution >= 4 is 29.5 Å². The number of rotatable bonds is 11. The molecule has 0 bridgehead atoms. The first-order chi connectivity index (χ1) is 15.7. The molecule has 0 fully saturated rings. The van der Waals surface area contributed by atoms with Crippen molar-refractivity contribution in [2.75, 3.05) is 10.8 Å². The molecule has 0 radical (unpaired) electrons. The molecular formula is C24H32N6O3. The maximum Gasteiger partial charge on any atom is 0.257 e. The Labute approximate surface area is 194 Å². The molecule has 0 saturated carbocycles. The molecule has 2 aromatic rings. The molecule has 9 heteroatoms. The average molecular weight is 453 g/mol. The van der Waals surface area contributed by atoms with Gasteiger partial charge in [0.15, 0.2) is 12.2 Å². The molecule has 2 atom stereocenters. The molecule has 1 aliphatic heterocycles. The van der Waals surface area contributed by atoms with Crippen LogP contribution in [0.2, 0.25) is 0 Å². The lowest BCUT2D eigenvalue weighted by Crippen LogP contribution is -2.43. The van der Waals surface area contributed by atoms with E-state index in [0.717, 1.165) is 17.4 Å². The molecule has 1 aliphatic rings. The summed E-state index contributed by atoms with van der Waals surface area (Å²) in [6.07, 6.45) is 0.832. The van der Waals surface area contributed by atoms with Gasteiger partial charge in [-0.1, -0.05) is 44.2 Å². The average Bonchev–Trinajstić information content (AvgIpc) is 2.99. The van der Waals surface area contributed by atoms with Crippen LogP contribution in [0.3, 0.4) is 0 Å². The highest BCUT2D eigenvalue weighted by molar-refractivity contribution is 6.06. The maximum atomic E-state index is 12.9. The van der Waals surface area contributed by atoms with Gasteiger partial charge in [-0.05, 0) is 48.6 Å². The highest BCUT2D eigenvalue weighted by Crippen LogP contribution is 2.29. The summed E-state index contributed by atoms with van der Waals surface area (Å²) in [5.41, 5.74) is 10.5. The lowest BCUT2D eigenvalue weighted by atomic mass is 9.91. The lowest BCUT2D eigenvalue weighted by molar-refractivity contribution is -0.131. The van der Waals surface area contributed by atoms with Crippen LogP contribution in [0.1, 0.15) is 38.3 Å². The Morgan fingerprint density at radius 2 is 1.82 bits per heavy atom. The van der Waals surface area contributed by atoms with Crippen LogP contribution in [-0.2, 0) is 22.7 Å². The molecule has 0 aromatic heterocycles. The summed E-state index contributed by atoms with van der Waals surface area (Å²) >= 11 is 0. The van der Waals surface area contributed by atoms with E-state index in [-0.39, 0.29) is 11.9 Å². The van der Waals surface area contributed by atoms with E-state index in [2.05, 4.69) is 35.0 Å². The zero-order valence-corrected chi connectivity index (χ0v) is 19.2. The van der Waals surface area contributed by atoms with Crippen LogP contribution in [0.25, 0.3) is 0 Å². The monoisotopic (exact) mass is 452 g/mol. The van der Waals surface area contributed by atoms with Gasteiger partial charge in [0.1, 0.15) is 11.7 Å². The first kappa shape index (κ1) is 24.2. The summed E-state index contributed by atoms with van der Waals surface area (Å²) in [5.74, 6) is 0.524. The number of aldehydes is 1. The summed E-state index contributed by atoms with van der Waals surface area (Å²) in [6, 6.07) is 14.7. The van der Waals surface area contributed by atoms with Crippen molar-refractivity contribution in [3.63, 3.8) is 0 Å². The third-order valence-corrected chi connectivity index (χ3v) is 5.49. The normalized spacial score (nSPS) is 18.9. The predicted octanol–water partition coefficient (Wildman–Crippen LogP) is 2.68. The predicted molar refractivity (Wildman–Crippen MR) is 129 cm³/mol. The van der Waals surface area contributed by atoms with E-state index in [4.69, 9.17) is 10.9 Å². The fourth-order valence-corrected chi connectivity index (χ4v) is 4.00. The van der Waals surface area contributed by atoms with Gasteiger partial charge in [-0.2, -0.15) is 0 Å². The molecule has 1 amide bonds. The molecule has 3 rings (SSSR count). The van der Waals surface area contributed by atoms with E-state index in [1.807, 2.05) is 31.2 Å². The number of aliphatic imine (C=N–C) groups is 1. The Morgan fingerprint density at radius 1 is 1.15 bits per heavy atom. The number of carbonyl (C=O) groups excluding carboxylic acids is 2. The van der Waals surface area contributed by atoms with E-state index < -0.39 is 11.7 Å². The Morgan fingerprint density at radius 3 is 2.45 bits per heavy atom. The van der Waals surface area contributed by atoms with E-state index >= 15 is 0 Å². The lowest BCUT2D eigenvalue weighted by Gasteiger charge is -2.23. The summed E-state index contributed by atoms with van der Waals surface area (Å²) < 4.78 is 0. The van der Waals surface area contributed by atoms with Gasteiger partial charge >= 0.3 is 0 Å². The van der Waals surface area contributed by atoms with Gasteiger partial charge in [0, 0.05) is 12.2 Å². The smallest absolute Gasteiger partial charge is 0.257 e. The fraction of sp³-hybridized carbons (Fsp3) is 0.375. The van der Waals surface area contributed by atoms with Gasteiger partial charge in [-0.15, -0.1) is 0 Å². The minimum absolute atomic E-state index is 0.0696. The minimum Gasteiger partial charge on any atom is -0.369 e. The van der Waals surface area contributed by atoms with Crippen LogP contribution in [0.15, 0.2) is 53.5 Å². The van der Waals surface area contributed by atoms with E-state index in [9.17, 15) is 9.59 Å². The van der Waals surface area contributed by atoms with Crippen LogP contribution >= 0.6 is 0 Å². The number of hydrogen-bond donors (Lipinski definition) is 5. The number of hydrogen-bond acceptors (Lipinski definition) is 8. The molecule has 2 unspecified atom stereocenters. The van der Waals surface area contributed by atoms with Gasteiger partial charge in [-0.25, -0.2) is 4.99 Å². The zero-order chi connectivity index (χ0) is 24.0. The van der Waals surface area contributed by atoms with Crippen LogP contribution in [0.5, 0.6) is 0 Å². The van der Waals surface area contributed by atoms with Crippen molar-refractivity contribution in [1.82, 2.24) is 10.2 Å². The number of benzene rings is 2. The van der Waals surface area contributed by atoms with Crippen LogP contribution < -0.4 is 21.8 Å². The quantitative estimate of drug-likeness (QED) is 0.201. The molecule has 0 spiro atoms. The standard InChI is InChI=1S/C24H32N6O3/c1-16(2)12-24(3)22(32)30(23(25)28-24)14-18-9-7-17(8-10-18)13-26-21(15-31)27-19-5-4-6-20(11-19)29-33/h4-11,15-16,21,26-27,29,33H,12-14H2,1-3H3,(H2,25,28). The number of nitrogens with two attached hydrogens (primary N) is 1. The van der Waals surface area contributed by atoms with Gasteiger partial charge < -0.3 is 11.1 Å². The summed E-state index contributed by atoms with van der Waals surface area (Å²) in [7, 11) is 0. The Kier molecular flexibility index (Phi) is 7.67. The summed E-state index contributed by atoms with van der Waals surface area (Å²) in [4.78, 5) is 30.4. The van der Waals surface area contributed by atoms with Gasteiger partial charge in [0.05, 0.1) is 12.2 Å². The summed E-state index contributed by atoms with van der Waals surface area (Å²) in [6.45, 7) is 6.79. The second-order valence-electron chi connectivity index (χ2n) is 8.88. The third kappa shape index (κ3) is 6.09. The van der Waals surface area contributed by atoms with Crippen molar-refractivity contribution in [3.05, 3.63) is 59.7 Å². The van der Waals surface area contributed by atoms with Crippen LogP contribution in [-0.4, -0.2) is 40.0 Å². The molecule has 0 aliphatic carbocycles. The number of carbonyl (C=O) groups is 2. The van der Waals surface area contributed by atoms with E-state index in [1.165, 1.54) is 4.90 Å². The van der Waals surface area contributed by atoms with E-state index in [1.54, 1.807) is 24.3 Å². The highest BCUT2D eigenvalue weighted by Gasteiger charge is 2.43. The second-order valence-corrected chi connectivity index (χ2v) is 8.88. The molecular weight excluding hydrogens is 420 g/mol. The number of nitrogens with one attached hydrogen (secondary N) is 3. The second kappa shape index (κ2) is 10.5. The summed E-state index contributed by atoms with van der Waals surface area (Å²) in [5, 5.41) is 15.2. The maximum absolute atomic E-state index is 12.9. The van der Waals surface area contributed by atoms with Gasteiger partial charge in [-0.3, -0.25) is 30.5 Å². The largest absolute Gasteiger partial charge is 0.369 e. The Balaban J connectivity index is 1.56.